The number of carbonyl (C=O) groups excluding carboxylic acids is 1. The van der Waals surface area contributed by atoms with Gasteiger partial charge in [-0.2, -0.15) is 0 Å². The zero-order chi connectivity index (χ0) is 15.3. The van der Waals surface area contributed by atoms with Crippen LogP contribution in [0.5, 0.6) is 0 Å². The molecule has 1 saturated carbocycles. The number of rotatable bonds is 1. The van der Waals surface area contributed by atoms with Gasteiger partial charge in [0.15, 0.2) is 0 Å². The third-order valence-corrected chi connectivity index (χ3v) is 5.05. The minimum Gasteiger partial charge on any atom is -0.444 e. The molecule has 0 atom stereocenters. The van der Waals surface area contributed by atoms with E-state index >= 15 is 0 Å². The number of piperidine rings is 1. The molecule has 2 heterocycles. The first-order valence-electron chi connectivity index (χ1n) is 8.16. The number of amides is 1. The Hall–Kier alpha value is -0.810. The summed E-state index contributed by atoms with van der Waals surface area (Å²) >= 11 is 0. The van der Waals surface area contributed by atoms with Crippen molar-refractivity contribution in [1.82, 2.24) is 9.80 Å². The summed E-state index contributed by atoms with van der Waals surface area (Å²) in [6, 6.07) is 0.604. The van der Waals surface area contributed by atoms with Crippen molar-refractivity contribution in [3.8, 4) is 0 Å². The second-order valence-corrected chi connectivity index (χ2v) is 8.17. The molecule has 21 heavy (non-hydrogen) atoms. The van der Waals surface area contributed by atoms with Crippen molar-refractivity contribution in [2.75, 3.05) is 26.2 Å². The van der Waals surface area contributed by atoms with Gasteiger partial charge in [0, 0.05) is 37.6 Å². The molecule has 0 bridgehead atoms. The standard InChI is InChI=1S/C16H28N2O3/c1-15(2,3)21-14(20)17-6-4-12(5-7-17)18-10-16(11-18)8-13(19)9-16/h12-13,19H,4-11H2,1-3H3. The minimum atomic E-state index is -0.414. The van der Waals surface area contributed by atoms with Crippen molar-refractivity contribution >= 4 is 6.09 Å². The predicted molar refractivity (Wildman–Crippen MR) is 80.1 cm³/mol. The second-order valence-electron chi connectivity index (χ2n) is 8.17. The molecule has 0 aromatic rings. The first-order chi connectivity index (χ1) is 9.76. The van der Waals surface area contributed by atoms with E-state index < -0.39 is 5.60 Å². The summed E-state index contributed by atoms with van der Waals surface area (Å²) in [6.45, 7) is 9.60. The number of hydrogen-bond donors (Lipinski definition) is 1. The Morgan fingerprint density at radius 1 is 1.19 bits per heavy atom. The number of likely N-dealkylation sites (tertiary alicyclic amines) is 2. The molecule has 5 heteroatoms. The van der Waals surface area contributed by atoms with E-state index in [4.69, 9.17) is 4.74 Å². The van der Waals surface area contributed by atoms with Crippen molar-refractivity contribution in [3.63, 3.8) is 0 Å². The summed E-state index contributed by atoms with van der Waals surface area (Å²) in [7, 11) is 0. The van der Waals surface area contributed by atoms with Crippen molar-refractivity contribution in [2.45, 2.75) is 64.2 Å². The van der Waals surface area contributed by atoms with E-state index in [2.05, 4.69) is 4.90 Å². The van der Waals surface area contributed by atoms with Gasteiger partial charge in [-0.05, 0) is 46.5 Å². The maximum atomic E-state index is 12.0. The van der Waals surface area contributed by atoms with E-state index in [9.17, 15) is 9.90 Å². The molecule has 1 spiro atoms. The second kappa shape index (κ2) is 5.13. The highest BCUT2D eigenvalue weighted by Gasteiger charge is 2.53. The normalized spacial score (nSPS) is 27.3. The van der Waals surface area contributed by atoms with Crippen molar-refractivity contribution in [3.05, 3.63) is 0 Å². The lowest BCUT2D eigenvalue weighted by Gasteiger charge is -2.60. The van der Waals surface area contributed by atoms with Gasteiger partial charge in [0.2, 0.25) is 0 Å². The van der Waals surface area contributed by atoms with E-state index in [0.717, 1.165) is 51.9 Å². The lowest BCUT2D eigenvalue weighted by molar-refractivity contribution is -0.146. The zero-order valence-corrected chi connectivity index (χ0v) is 13.5. The SMILES string of the molecule is CC(C)(C)OC(=O)N1CCC(N2CC3(CC(O)C3)C2)CC1. The van der Waals surface area contributed by atoms with Gasteiger partial charge in [0.05, 0.1) is 6.10 Å². The maximum Gasteiger partial charge on any atom is 0.410 e. The molecule has 0 radical (unpaired) electrons. The molecule has 120 valence electrons. The van der Waals surface area contributed by atoms with Crippen LogP contribution in [0.15, 0.2) is 0 Å². The molecule has 2 aliphatic heterocycles. The lowest BCUT2D eigenvalue weighted by Crippen LogP contribution is -2.67. The highest BCUT2D eigenvalue weighted by molar-refractivity contribution is 5.68. The Bertz CT molecular complexity index is 396. The predicted octanol–water partition coefficient (Wildman–Crippen LogP) is 1.84. The summed E-state index contributed by atoms with van der Waals surface area (Å²) in [5.74, 6) is 0. The van der Waals surface area contributed by atoms with Gasteiger partial charge in [-0.15, -0.1) is 0 Å². The Morgan fingerprint density at radius 3 is 2.24 bits per heavy atom. The molecule has 3 fully saturated rings. The fourth-order valence-electron chi connectivity index (χ4n) is 4.01. The quantitative estimate of drug-likeness (QED) is 0.802. The van der Waals surface area contributed by atoms with Gasteiger partial charge in [0.25, 0.3) is 0 Å². The van der Waals surface area contributed by atoms with E-state index in [-0.39, 0.29) is 12.2 Å². The van der Waals surface area contributed by atoms with Gasteiger partial charge in [0.1, 0.15) is 5.60 Å². The average Bonchev–Trinajstić information content (AvgIpc) is 2.30. The van der Waals surface area contributed by atoms with Crippen LogP contribution in [0.4, 0.5) is 4.79 Å². The van der Waals surface area contributed by atoms with Crippen LogP contribution in [0, 0.1) is 5.41 Å². The first-order valence-corrected chi connectivity index (χ1v) is 8.16. The largest absolute Gasteiger partial charge is 0.444 e. The van der Waals surface area contributed by atoms with E-state index in [1.54, 1.807) is 0 Å². The monoisotopic (exact) mass is 296 g/mol. The number of nitrogens with zero attached hydrogens (tertiary/aromatic N) is 2. The first kappa shape index (κ1) is 15.1. The van der Waals surface area contributed by atoms with Gasteiger partial charge < -0.3 is 14.7 Å². The number of aliphatic hydroxyl groups excluding tert-OH is 1. The molecule has 0 unspecified atom stereocenters. The highest BCUT2D eigenvalue weighted by Crippen LogP contribution is 2.49. The van der Waals surface area contributed by atoms with Crippen molar-refractivity contribution in [2.24, 2.45) is 5.41 Å². The van der Waals surface area contributed by atoms with Crippen molar-refractivity contribution in [1.29, 1.82) is 0 Å². The molecule has 3 aliphatic rings. The van der Waals surface area contributed by atoms with Gasteiger partial charge in [-0.3, -0.25) is 4.90 Å². The smallest absolute Gasteiger partial charge is 0.410 e. The Kier molecular flexibility index (Phi) is 3.69. The Morgan fingerprint density at radius 2 is 1.76 bits per heavy atom. The summed E-state index contributed by atoms with van der Waals surface area (Å²) in [4.78, 5) is 16.4. The van der Waals surface area contributed by atoms with Gasteiger partial charge in [-0.25, -0.2) is 4.79 Å². The Labute approximate surface area is 127 Å². The van der Waals surface area contributed by atoms with Gasteiger partial charge in [-0.1, -0.05) is 0 Å². The number of hydrogen-bond acceptors (Lipinski definition) is 4. The third-order valence-electron chi connectivity index (χ3n) is 5.05. The van der Waals surface area contributed by atoms with E-state index in [1.807, 2.05) is 25.7 Å². The van der Waals surface area contributed by atoms with Crippen LogP contribution < -0.4 is 0 Å². The Balaban J connectivity index is 1.41. The van der Waals surface area contributed by atoms with E-state index in [0.29, 0.717) is 11.5 Å². The summed E-state index contributed by atoms with van der Waals surface area (Å²) in [6.07, 6.45) is 3.82. The minimum absolute atomic E-state index is 0.0545. The van der Waals surface area contributed by atoms with Crippen LogP contribution in [0.3, 0.4) is 0 Å². The highest BCUT2D eigenvalue weighted by atomic mass is 16.6. The molecule has 3 rings (SSSR count). The zero-order valence-electron chi connectivity index (χ0n) is 13.5. The van der Waals surface area contributed by atoms with Gasteiger partial charge >= 0.3 is 6.09 Å². The lowest BCUT2D eigenvalue weighted by atomic mass is 9.61. The topological polar surface area (TPSA) is 53.0 Å². The van der Waals surface area contributed by atoms with E-state index in [1.165, 1.54) is 0 Å². The summed E-state index contributed by atoms with van der Waals surface area (Å²) in [5.41, 5.74) is 0.0184. The summed E-state index contributed by atoms with van der Waals surface area (Å²) < 4.78 is 5.43. The average molecular weight is 296 g/mol. The molecule has 0 aromatic carbocycles. The van der Waals surface area contributed by atoms with Crippen LogP contribution in [-0.4, -0.2) is 64.9 Å². The van der Waals surface area contributed by atoms with Crippen LogP contribution in [0.25, 0.3) is 0 Å². The maximum absolute atomic E-state index is 12.0. The molecule has 1 aliphatic carbocycles. The molecular weight excluding hydrogens is 268 g/mol. The molecule has 0 aromatic heterocycles. The molecule has 1 N–H and O–H groups in total. The summed E-state index contributed by atoms with van der Waals surface area (Å²) in [5, 5.41) is 9.46. The van der Waals surface area contributed by atoms with Crippen LogP contribution in [-0.2, 0) is 4.74 Å². The number of carbonyl (C=O) groups is 1. The molecule has 2 saturated heterocycles. The molecule has 5 nitrogen and oxygen atoms in total. The fraction of sp³-hybridized carbons (Fsp3) is 0.938. The third kappa shape index (κ3) is 3.19. The van der Waals surface area contributed by atoms with Crippen LogP contribution >= 0.6 is 0 Å². The van der Waals surface area contributed by atoms with Crippen LogP contribution in [0.1, 0.15) is 46.5 Å². The molecule has 1 amide bonds. The fourth-order valence-corrected chi connectivity index (χ4v) is 4.01. The number of ether oxygens (including phenoxy) is 1. The number of aliphatic hydroxyl groups is 1. The van der Waals surface area contributed by atoms with Crippen molar-refractivity contribution < 1.29 is 14.6 Å². The van der Waals surface area contributed by atoms with Crippen LogP contribution in [0.2, 0.25) is 0 Å². The molecular formula is C16H28N2O3.